The first-order chi connectivity index (χ1) is 11.7. The van der Waals surface area contributed by atoms with Gasteiger partial charge in [0.25, 0.3) is 0 Å². The van der Waals surface area contributed by atoms with Crippen molar-refractivity contribution in [1.82, 2.24) is 9.55 Å². The minimum atomic E-state index is -4.81. The topological polar surface area (TPSA) is 103 Å². The molecule has 1 heterocycles. The highest BCUT2D eigenvalue weighted by Crippen LogP contribution is 2.37. The maximum atomic E-state index is 13.3. The van der Waals surface area contributed by atoms with Crippen LogP contribution in [0.5, 0.6) is 0 Å². The van der Waals surface area contributed by atoms with Gasteiger partial charge in [-0.1, -0.05) is 0 Å². The summed E-state index contributed by atoms with van der Waals surface area (Å²) in [6.07, 6.45) is -2.83. The third-order valence-corrected chi connectivity index (χ3v) is 3.22. The van der Waals surface area contributed by atoms with Crippen LogP contribution in [-0.2, 0) is 15.7 Å². The average Bonchev–Trinajstić information content (AvgIpc) is 3.08. The minimum Gasteiger partial charge on any atom is -0.465 e. The van der Waals surface area contributed by atoms with Crippen LogP contribution in [0, 0.1) is 0 Å². The third kappa shape index (κ3) is 3.55. The molecular weight excluding hydrogens is 347 g/mol. The second-order valence-electron chi connectivity index (χ2n) is 4.67. The van der Waals surface area contributed by atoms with E-state index >= 15 is 0 Å². The molecule has 2 aromatic rings. The van der Waals surface area contributed by atoms with Crippen molar-refractivity contribution in [2.24, 2.45) is 0 Å². The third-order valence-electron chi connectivity index (χ3n) is 3.22. The maximum absolute atomic E-state index is 13.3. The molecule has 0 aliphatic carbocycles. The molecule has 0 saturated heterocycles. The van der Waals surface area contributed by atoms with Crippen LogP contribution in [0.4, 0.5) is 18.9 Å². The van der Waals surface area contributed by atoms with E-state index in [0.717, 1.165) is 37.4 Å². The van der Waals surface area contributed by atoms with Gasteiger partial charge in [-0.25, -0.2) is 14.6 Å². The van der Waals surface area contributed by atoms with E-state index in [1.165, 1.54) is 5.48 Å². The van der Waals surface area contributed by atoms with E-state index in [9.17, 15) is 22.8 Å². The van der Waals surface area contributed by atoms with Crippen LogP contribution in [-0.4, -0.2) is 40.9 Å². The van der Waals surface area contributed by atoms with Crippen LogP contribution in [0.2, 0.25) is 0 Å². The van der Waals surface area contributed by atoms with Crippen LogP contribution < -0.4 is 5.48 Å². The van der Waals surface area contributed by atoms with Crippen molar-refractivity contribution in [3.05, 3.63) is 41.5 Å². The van der Waals surface area contributed by atoms with Crippen molar-refractivity contribution >= 4 is 17.6 Å². The zero-order valence-corrected chi connectivity index (χ0v) is 12.9. The molecule has 2 N–H and O–H groups in total. The lowest BCUT2D eigenvalue weighted by molar-refractivity contribution is -0.137. The van der Waals surface area contributed by atoms with Crippen molar-refractivity contribution in [2.75, 3.05) is 19.7 Å². The molecule has 0 spiro atoms. The lowest BCUT2D eigenvalue weighted by atomic mass is 10.1. The number of methoxy groups -OCH3 is 2. The number of rotatable bonds is 4. The van der Waals surface area contributed by atoms with Crippen LogP contribution in [0.15, 0.2) is 24.7 Å². The summed E-state index contributed by atoms with van der Waals surface area (Å²) < 4.78 is 49.9. The number of hydrogen-bond donors (Lipinski definition) is 2. The van der Waals surface area contributed by atoms with Crippen LogP contribution >= 0.6 is 0 Å². The second kappa shape index (κ2) is 6.81. The number of ether oxygens (including phenoxy) is 2. The Morgan fingerprint density at radius 2 is 1.84 bits per heavy atom. The zero-order chi connectivity index (χ0) is 18.8. The number of nitrogens with one attached hydrogen (secondary N) is 1. The van der Waals surface area contributed by atoms with Gasteiger partial charge in [-0.2, -0.15) is 13.2 Å². The van der Waals surface area contributed by atoms with Crippen molar-refractivity contribution in [3.63, 3.8) is 0 Å². The monoisotopic (exact) mass is 359 g/mol. The molecule has 0 unspecified atom stereocenters. The number of nitrogens with zero attached hydrogens (tertiary/aromatic N) is 2. The van der Waals surface area contributed by atoms with Crippen molar-refractivity contribution < 1.29 is 37.4 Å². The normalized spacial score (nSPS) is 11.1. The number of hydrogen-bond acceptors (Lipinski definition) is 7. The molecule has 25 heavy (non-hydrogen) atoms. The van der Waals surface area contributed by atoms with E-state index in [0.29, 0.717) is 6.07 Å². The standard InChI is InChI=1S/C14H12F3N3O5/c1-24-12(21)7-3-11(8(14(15,16)17)4-9(7)19-23)20-5-10(18-6-20)13(22)25-2/h3-6,19,23H,1-2H3. The van der Waals surface area contributed by atoms with Crippen LogP contribution in [0.1, 0.15) is 26.4 Å². The molecule has 0 atom stereocenters. The lowest BCUT2D eigenvalue weighted by Crippen LogP contribution is -2.15. The summed E-state index contributed by atoms with van der Waals surface area (Å²) in [4.78, 5) is 26.8. The summed E-state index contributed by atoms with van der Waals surface area (Å²) in [7, 11) is 2.13. The number of carbonyl (C=O) groups excluding carboxylic acids is 2. The molecular formula is C14H12F3N3O5. The van der Waals surface area contributed by atoms with Gasteiger partial charge in [-0.05, 0) is 12.1 Å². The Balaban J connectivity index is 2.71. The van der Waals surface area contributed by atoms with Gasteiger partial charge in [0.1, 0.15) is 6.33 Å². The molecule has 0 aliphatic rings. The quantitative estimate of drug-likeness (QED) is 0.638. The Labute approximate surface area is 138 Å². The van der Waals surface area contributed by atoms with Gasteiger partial charge >= 0.3 is 18.1 Å². The van der Waals surface area contributed by atoms with Gasteiger partial charge in [-0.3, -0.25) is 10.7 Å². The first-order valence-corrected chi connectivity index (χ1v) is 6.59. The molecule has 2 rings (SSSR count). The summed E-state index contributed by atoms with van der Waals surface area (Å²) in [5, 5.41) is 9.02. The number of carbonyl (C=O) groups is 2. The molecule has 0 radical (unpaired) electrons. The van der Waals surface area contributed by atoms with Gasteiger partial charge in [0, 0.05) is 6.20 Å². The fraction of sp³-hybridized carbons (Fsp3) is 0.214. The fourth-order valence-corrected chi connectivity index (χ4v) is 2.06. The number of imidazole rings is 1. The number of anilines is 1. The van der Waals surface area contributed by atoms with Crippen molar-refractivity contribution in [2.45, 2.75) is 6.18 Å². The average molecular weight is 359 g/mol. The molecule has 1 aromatic carbocycles. The summed E-state index contributed by atoms with van der Waals surface area (Å²) in [5.41, 5.74) is -1.19. The summed E-state index contributed by atoms with van der Waals surface area (Å²) in [5.74, 6) is -1.81. The summed E-state index contributed by atoms with van der Waals surface area (Å²) in [6, 6.07) is 1.40. The predicted octanol–water partition coefficient (Wildman–Crippen LogP) is 2.27. The molecule has 0 aliphatic heterocycles. The highest BCUT2D eigenvalue weighted by atomic mass is 19.4. The van der Waals surface area contributed by atoms with Gasteiger partial charge in [0.2, 0.25) is 0 Å². The Bertz CT molecular complexity index is 817. The van der Waals surface area contributed by atoms with E-state index in [1.807, 2.05) is 0 Å². The van der Waals surface area contributed by atoms with Crippen molar-refractivity contribution in [3.8, 4) is 5.69 Å². The Hall–Kier alpha value is -3.08. The molecule has 0 amide bonds. The molecule has 1 aromatic heterocycles. The van der Waals surface area contributed by atoms with Gasteiger partial charge < -0.3 is 14.0 Å². The molecule has 0 bridgehead atoms. The second-order valence-corrected chi connectivity index (χ2v) is 4.67. The predicted molar refractivity (Wildman–Crippen MR) is 76.7 cm³/mol. The summed E-state index contributed by atoms with van der Waals surface area (Å²) >= 11 is 0. The van der Waals surface area contributed by atoms with Gasteiger partial charge in [0.05, 0.1) is 36.7 Å². The van der Waals surface area contributed by atoms with E-state index in [-0.39, 0.29) is 11.3 Å². The Morgan fingerprint density at radius 3 is 2.36 bits per heavy atom. The smallest absolute Gasteiger partial charge is 0.418 e. The molecule has 8 nitrogen and oxygen atoms in total. The SMILES string of the molecule is COC(=O)c1cn(-c2cc(C(=O)OC)c(NO)cc2C(F)(F)F)cn1. The molecule has 134 valence electrons. The first-order valence-electron chi connectivity index (χ1n) is 6.59. The lowest BCUT2D eigenvalue weighted by Gasteiger charge is -2.17. The Kier molecular flexibility index (Phi) is 4.97. The number of alkyl halides is 3. The van der Waals surface area contributed by atoms with Gasteiger partial charge in [0.15, 0.2) is 5.69 Å². The number of halogens is 3. The fourth-order valence-electron chi connectivity index (χ4n) is 2.06. The highest BCUT2D eigenvalue weighted by molar-refractivity contribution is 5.96. The molecule has 11 heteroatoms. The largest absolute Gasteiger partial charge is 0.465 e. The zero-order valence-electron chi connectivity index (χ0n) is 12.9. The van der Waals surface area contributed by atoms with Crippen LogP contribution in [0.3, 0.4) is 0 Å². The number of aromatic nitrogens is 2. The first kappa shape index (κ1) is 18.3. The highest BCUT2D eigenvalue weighted by Gasteiger charge is 2.36. The maximum Gasteiger partial charge on any atom is 0.418 e. The Morgan fingerprint density at radius 1 is 1.20 bits per heavy atom. The summed E-state index contributed by atoms with van der Waals surface area (Å²) in [6.45, 7) is 0. The van der Waals surface area contributed by atoms with Crippen molar-refractivity contribution in [1.29, 1.82) is 0 Å². The minimum absolute atomic E-state index is 0.223. The number of esters is 2. The van der Waals surface area contributed by atoms with Gasteiger partial charge in [-0.15, -0.1) is 0 Å². The van der Waals surface area contributed by atoms with Crippen LogP contribution in [0.25, 0.3) is 5.69 Å². The van der Waals surface area contributed by atoms with E-state index in [4.69, 9.17) is 5.21 Å². The molecule has 0 fully saturated rings. The van der Waals surface area contributed by atoms with E-state index in [2.05, 4.69) is 14.5 Å². The number of benzene rings is 1. The molecule has 0 saturated carbocycles. The van der Waals surface area contributed by atoms with E-state index < -0.39 is 35.1 Å². The van der Waals surface area contributed by atoms with E-state index in [1.54, 1.807) is 0 Å².